The minimum absolute atomic E-state index is 0.0138. The fourth-order valence-corrected chi connectivity index (χ4v) is 3.79. The standard InChI is InChI=1S/C27H32N2O5/c1-6-17-33-21-11-7-19(8-12-21)24-23(26(31)27(32)29(24)16-15-28(4)5)25(30)20-9-13-22(14-10-20)34-18(2)3/h6-14,18,24,30H,1,15-17H2,2-5H3/b25-23+. The van der Waals surface area contributed by atoms with Crippen LogP contribution in [-0.4, -0.2) is 66.5 Å². The van der Waals surface area contributed by atoms with Crippen LogP contribution in [-0.2, 0) is 9.59 Å². The largest absolute Gasteiger partial charge is 0.507 e. The number of hydrogen-bond acceptors (Lipinski definition) is 6. The van der Waals surface area contributed by atoms with Crippen LogP contribution in [0.4, 0.5) is 0 Å². The molecule has 2 aromatic carbocycles. The Balaban J connectivity index is 2.04. The first-order valence-corrected chi connectivity index (χ1v) is 11.3. The number of aliphatic hydroxyl groups is 1. The van der Waals surface area contributed by atoms with Crippen LogP contribution in [0.3, 0.4) is 0 Å². The number of ether oxygens (including phenoxy) is 2. The van der Waals surface area contributed by atoms with Crippen LogP contribution in [0.25, 0.3) is 5.76 Å². The van der Waals surface area contributed by atoms with Crippen LogP contribution >= 0.6 is 0 Å². The van der Waals surface area contributed by atoms with Crippen molar-refractivity contribution >= 4 is 17.4 Å². The zero-order chi connectivity index (χ0) is 24.8. The molecule has 0 radical (unpaired) electrons. The van der Waals surface area contributed by atoms with Crippen LogP contribution in [0, 0.1) is 0 Å². The number of rotatable bonds is 10. The number of carbonyl (C=O) groups excluding carboxylic acids is 2. The fourth-order valence-electron chi connectivity index (χ4n) is 3.79. The molecule has 1 N–H and O–H groups in total. The smallest absolute Gasteiger partial charge is 0.295 e. The van der Waals surface area contributed by atoms with E-state index in [0.29, 0.717) is 42.3 Å². The third kappa shape index (κ3) is 5.66. The molecular formula is C27H32N2O5. The highest BCUT2D eigenvalue weighted by atomic mass is 16.5. The summed E-state index contributed by atoms with van der Waals surface area (Å²) in [6, 6.07) is 13.3. The molecule has 1 unspecified atom stereocenters. The van der Waals surface area contributed by atoms with Crippen LogP contribution in [0.5, 0.6) is 11.5 Å². The second kappa shape index (κ2) is 11.0. The van der Waals surface area contributed by atoms with E-state index in [4.69, 9.17) is 9.47 Å². The molecule has 7 nitrogen and oxygen atoms in total. The Morgan fingerprint density at radius 2 is 1.71 bits per heavy atom. The summed E-state index contributed by atoms with van der Waals surface area (Å²) in [4.78, 5) is 29.5. The molecule has 1 heterocycles. The molecule has 0 aliphatic carbocycles. The molecule has 0 saturated carbocycles. The van der Waals surface area contributed by atoms with Crippen molar-refractivity contribution in [1.29, 1.82) is 0 Å². The Labute approximate surface area is 200 Å². The highest BCUT2D eigenvalue weighted by Gasteiger charge is 2.45. The first-order valence-electron chi connectivity index (χ1n) is 11.3. The summed E-state index contributed by atoms with van der Waals surface area (Å²) in [5, 5.41) is 11.2. The van der Waals surface area contributed by atoms with Crippen LogP contribution < -0.4 is 9.47 Å². The van der Waals surface area contributed by atoms with Crippen molar-refractivity contribution in [3.63, 3.8) is 0 Å². The average molecular weight is 465 g/mol. The lowest BCUT2D eigenvalue weighted by molar-refractivity contribution is -0.140. The number of ketones is 1. The van der Waals surface area contributed by atoms with Gasteiger partial charge in [-0.3, -0.25) is 9.59 Å². The molecule has 1 aliphatic rings. The molecule has 7 heteroatoms. The van der Waals surface area contributed by atoms with Gasteiger partial charge in [-0.2, -0.15) is 0 Å². The molecule has 0 aromatic heterocycles. The van der Waals surface area contributed by atoms with E-state index in [1.54, 1.807) is 42.5 Å². The number of aliphatic hydroxyl groups excluding tert-OH is 1. The van der Waals surface area contributed by atoms with Gasteiger partial charge in [0.1, 0.15) is 23.9 Å². The minimum Gasteiger partial charge on any atom is -0.507 e. The molecule has 1 fully saturated rings. The molecule has 0 spiro atoms. The highest BCUT2D eigenvalue weighted by molar-refractivity contribution is 6.46. The van der Waals surface area contributed by atoms with Crippen molar-refractivity contribution in [1.82, 2.24) is 9.80 Å². The predicted molar refractivity (Wildman–Crippen MR) is 132 cm³/mol. The number of amides is 1. The number of hydrogen-bond donors (Lipinski definition) is 1. The summed E-state index contributed by atoms with van der Waals surface area (Å²) in [6.07, 6.45) is 1.67. The van der Waals surface area contributed by atoms with Crippen molar-refractivity contribution in [2.45, 2.75) is 26.0 Å². The molecule has 2 aromatic rings. The van der Waals surface area contributed by atoms with Crippen molar-refractivity contribution in [2.24, 2.45) is 0 Å². The van der Waals surface area contributed by atoms with E-state index in [-0.39, 0.29) is 17.4 Å². The summed E-state index contributed by atoms with van der Waals surface area (Å²) in [5.74, 6) is -0.228. The fraction of sp³-hybridized carbons (Fsp3) is 0.333. The monoisotopic (exact) mass is 464 g/mol. The maximum absolute atomic E-state index is 13.1. The van der Waals surface area contributed by atoms with Gasteiger partial charge in [-0.15, -0.1) is 0 Å². The van der Waals surface area contributed by atoms with Gasteiger partial charge in [0.2, 0.25) is 0 Å². The van der Waals surface area contributed by atoms with Gasteiger partial charge < -0.3 is 24.4 Å². The molecule has 1 atom stereocenters. The van der Waals surface area contributed by atoms with E-state index in [2.05, 4.69) is 6.58 Å². The SMILES string of the molecule is C=CCOc1ccc(C2/C(=C(\O)c3ccc(OC(C)C)cc3)C(=O)C(=O)N2CCN(C)C)cc1. The first kappa shape index (κ1) is 25.1. The molecule has 3 rings (SSSR count). The third-order valence-corrected chi connectivity index (χ3v) is 5.39. The van der Waals surface area contributed by atoms with Crippen LogP contribution in [0.2, 0.25) is 0 Å². The summed E-state index contributed by atoms with van der Waals surface area (Å²) in [6.45, 7) is 8.79. The number of likely N-dealkylation sites (N-methyl/N-ethyl adjacent to an activating group) is 1. The second-order valence-corrected chi connectivity index (χ2v) is 8.66. The predicted octanol–water partition coefficient (Wildman–Crippen LogP) is 4.02. The molecule has 1 saturated heterocycles. The van der Waals surface area contributed by atoms with Crippen molar-refractivity contribution in [3.8, 4) is 11.5 Å². The summed E-state index contributed by atoms with van der Waals surface area (Å²) < 4.78 is 11.2. The zero-order valence-electron chi connectivity index (χ0n) is 20.2. The molecular weight excluding hydrogens is 432 g/mol. The highest BCUT2D eigenvalue weighted by Crippen LogP contribution is 2.39. The van der Waals surface area contributed by atoms with Gasteiger partial charge in [0.05, 0.1) is 17.7 Å². The number of likely N-dealkylation sites (tertiary alicyclic amines) is 1. The first-order chi connectivity index (χ1) is 16.2. The van der Waals surface area contributed by atoms with Gasteiger partial charge in [-0.05, 0) is 69.9 Å². The Hall–Kier alpha value is -3.58. The lowest BCUT2D eigenvalue weighted by Crippen LogP contribution is -2.35. The maximum Gasteiger partial charge on any atom is 0.295 e. The van der Waals surface area contributed by atoms with E-state index < -0.39 is 17.7 Å². The minimum atomic E-state index is -0.708. The van der Waals surface area contributed by atoms with Crippen molar-refractivity contribution in [2.75, 3.05) is 33.8 Å². The summed E-state index contributed by atoms with van der Waals surface area (Å²) >= 11 is 0. The average Bonchev–Trinajstić information content (AvgIpc) is 3.06. The number of nitrogens with zero attached hydrogens (tertiary/aromatic N) is 2. The topological polar surface area (TPSA) is 79.3 Å². The van der Waals surface area contributed by atoms with Gasteiger partial charge in [-0.1, -0.05) is 24.8 Å². The summed E-state index contributed by atoms with van der Waals surface area (Å²) in [5.41, 5.74) is 1.23. The molecule has 180 valence electrons. The van der Waals surface area contributed by atoms with Crippen molar-refractivity contribution in [3.05, 3.63) is 77.9 Å². The normalized spacial score (nSPS) is 17.5. The van der Waals surface area contributed by atoms with E-state index in [1.807, 2.05) is 45.0 Å². The molecule has 1 amide bonds. The Morgan fingerprint density at radius 3 is 2.26 bits per heavy atom. The van der Waals surface area contributed by atoms with E-state index in [9.17, 15) is 14.7 Å². The van der Waals surface area contributed by atoms with E-state index >= 15 is 0 Å². The number of Topliss-reactive ketones (excluding diaryl/α,β-unsaturated/α-hetero) is 1. The second-order valence-electron chi connectivity index (χ2n) is 8.66. The molecule has 0 bridgehead atoms. The maximum atomic E-state index is 13.1. The van der Waals surface area contributed by atoms with E-state index in [0.717, 1.165) is 0 Å². The van der Waals surface area contributed by atoms with E-state index in [1.165, 1.54) is 4.90 Å². The number of benzene rings is 2. The third-order valence-electron chi connectivity index (χ3n) is 5.39. The van der Waals surface area contributed by atoms with Gasteiger partial charge in [0.15, 0.2) is 0 Å². The van der Waals surface area contributed by atoms with Crippen LogP contribution in [0.1, 0.15) is 31.0 Å². The Kier molecular flexibility index (Phi) is 8.12. The Bertz CT molecular complexity index is 1060. The summed E-state index contributed by atoms with van der Waals surface area (Å²) in [7, 11) is 3.80. The van der Waals surface area contributed by atoms with Gasteiger partial charge in [-0.25, -0.2) is 0 Å². The zero-order valence-corrected chi connectivity index (χ0v) is 20.2. The quantitative estimate of drug-likeness (QED) is 0.248. The lowest BCUT2D eigenvalue weighted by Gasteiger charge is -2.26. The lowest BCUT2D eigenvalue weighted by atomic mass is 9.95. The number of carbonyl (C=O) groups is 2. The van der Waals surface area contributed by atoms with Crippen molar-refractivity contribution < 1.29 is 24.2 Å². The van der Waals surface area contributed by atoms with Crippen LogP contribution in [0.15, 0.2) is 66.8 Å². The van der Waals surface area contributed by atoms with Gasteiger partial charge in [0.25, 0.3) is 11.7 Å². The van der Waals surface area contributed by atoms with Gasteiger partial charge >= 0.3 is 0 Å². The van der Waals surface area contributed by atoms with Gasteiger partial charge in [0, 0.05) is 18.7 Å². The Morgan fingerprint density at radius 1 is 1.09 bits per heavy atom. The molecule has 34 heavy (non-hydrogen) atoms. The molecule has 1 aliphatic heterocycles.